The van der Waals surface area contributed by atoms with Crippen molar-refractivity contribution >= 4 is 45.8 Å². The van der Waals surface area contributed by atoms with Gasteiger partial charge in [-0.1, -0.05) is 23.9 Å². The molecular weight excluding hydrogens is 380 g/mol. The lowest BCUT2D eigenvalue weighted by Crippen LogP contribution is -2.28. The number of carbonyl (C=O) groups is 2. The first-order valence-electron chi connectivity index (χ1n) is 8.49. The van der Waals surface area contributed by atoms with Crippen LogP contribution < -0.4 is 10.6 Å². The Balaban J connectivity index is 1.63. The van der Waals surface area contributed by atoms with Crippen LogP contribution in [-0.2, 0) is 9.59 Å². The van der Waals surface area contributed by atoms with Gasteiger partial charge in [0.15, 0.2) is 5.17 Å². The number of hydrogen-bond acceptors (Lipinski definition) is 6. The van der Waals surface area contributed by atoms with Gasteiger partial charge in [-0.2, -0.15) is 0 Å². The fraction of sp³-hybridized carbons (Fsp3) is 0.211. The van der Waals surface area contributed by atoms with Crippen molar-refractivity contribution in [2.75, 3.05) is 5.32 Å². The van der Waals surface area contributed by atoms with Gasteiger partial charge in [-0.15, -0.1) is 0 Å². The number of thioether (sulfide) groups is 1. The Labute approximate surface area is 165 Å². The highest BCUT2D eigenvalue weighted by Crippen LogP contribution is 2.26. The van der Waals surface area contributed by atoms with Crippen LogP contribution >= 0.6 is 11.8 Å². The summed E-state index contributed by atoms with van der Waals surface area (Å²) < 4.78 is 0. The average Bonchev–Trinajstić information content (AvgIpc) is 2.97. The summed E-state index contributed by atoms with van der Waals surface area (Å²) in [5, 5.41) is 15.9. The van der Waals surface area contributed by atoms with Crippen LogP contribution in [0.5, 0.6) is 0 Å². The van der Waals surface area contributed by atoms with Gasteiger partial charge in [-0.05, 0) is 43.2 Å². The Hall–Kier alpha value is -3.20. The first kappa shape index (κ1) is 19.6. The molecule has 28 heavy (non-hydrogen) atoms. The number of benzene rings is 2. The second-order valence-electron chi connectivity index (χ2n) is 6.34. The number of amides is 2. The van der Waals surface area contributed by atoms with Gasteiger partial charge in [-0.3, -0.25) is 19.7 Å². The van der Waals surface area contributed by atoms with E-state index in [1.54, 1.807) is 6.07 Å². The normalized spacial score (nSPS) is 17.4. The minimum Gasteiger partial charge on any atom is -0.326 e. The fourth-order valence-corrected chi connectivity index (χ4v) is 3.57. The number of hydrogen-bond donors (Lipinski definition) is 2. The number of nitrogens with one attached hydrogen (secondary N) is 2. The van der Waals surface area contributed by atoms with E-state index in [1.165, 1.54) is 30.0 Å². The predicted molar refractivity (Wildman–Crippen MR) is 109 cm³/mol. The van der Waals surface area contributed by atoms with Crippen molar-refractivity contribution in [3.05, 3.63) is 63.7 Å². The first-order valence-corrected chi connectivity index (χ1v) is 9.37. The number of nitrogens with zero attached hydrogens (tertiary/aromatic N) is 2. The minimum atomic E-state index is -0.607. The molecule has 1 saturated heterocycles. The van der Waals surface area contributed by atoms with Gasteiger partial charge < -0.3 is 10.6 Å². The van der Waals surface area contributed by atoms with Crippen LogP contribution in [0.2, 0.25) is 0 Å². The first-order chi connectivity index (χ1) is 13.3. The van der Waals surface area contributed by atoms with Gasteiger partial charge in [0, 0.05) is 24.2 Å². The third-order valence-corrected chi connectivity index (χ3v) is 5.29. The molecule has 1 aliphatic heterocycles. The molecular formula is C19H18N4O4S. The Morgan fingerprint density at radius 1 is 1.25 bits per heavy atom. The summed E-state index contributed by atoms with van der Waals surface area (Å²) in [6, 6.07) is 11.4. The Morgan fingerprint density at radius 3 is 2.75 bits per heavy atom. The summed E-state index contributed by atoms with van der Waals surface area (Å²) in [6.07, 6.45) is -0.0643. The molecule has 0 spiro atoms. The summed E-state index contributed by atoms with van der Waals surface area (Å²) in [4.78, 5) is 39.1. The molecule has 1 atom stereocenters. The fourth-order valence-electron chi connectivity index (χ4n) is 2.58. The lowest BCUT2D eigenvalue weighted by molar-refractivity contribution is -0.384. The van der Waals surface area contributed by atoms with E-state index in [4.69, 9.17) is 0 Å². The number of aryl methyl sites for hydroxylation is 2. The summed E-state index contributed by atoms with van der Waals surface area (Å²) >= 11 is 1.19. The molecule has 2 aromatic carbocycles. The molecule has 2 amide bonds. The number of anilines is 1. The van der Waals surface area contributed by atoms with Crippen molar-refractivity contribution in [1.82, 2.24) is 5.32 Å². The third-order valence-electron chi connectivity index (χ3n) is 4.21. The van der Waals surface area contributed by atoms with Crippen LogP contribution in [0.4, 0.5) is 17.1 Å². The number of amidine groups is 1. The molecule has 1 heterocycles. The quantitative estimate of drug-likeness (QED) is 0.591. The van der Waals surface area contributed by atoms with Crippen LogP contribution in [-0.4, -0.2) is 27.2 Å². The maximum atomic E-state index is 12.2. The summed E-state index contributed by atoms with van der Waals surface area (Å²) in [5.74, 6) is -0.692. The molecule has 144 valence electrons. The molecule has 0 aliphatic carbocycles. The summed E-state index contributed by atoms with van der Waals surface area (Å²) in [7, 11) is 0. The number of rotatable bonds is 5. The van der Waals surface area contributed by atoms with Crippen LogP contribution in [0.15, 0.2) is 47.5 Å². The minimum absolute atomic E-state index is 0.0643. The third kappa shape index (κ3) is 4.74. The van der Waals surface area contributed by atoms with Crippen LogP contribution in [0.25, 0.3) is 0 Å². The van der Waals surface area contributed by atoms with Crippen LogP contribution in [0.1, 0.15) is 17.5 Å². The van der Waals surface area contributed by atoms with Crippen molar-refractivity contribution < 1.29 is 14.5 Å². The predicted octanol–water partition coefficient (Wildman–Crippen LogP) is 3.46. The molecule has 3 rings (SSSR count). The van der Waals surface area contributed by atoms with E-state index in [9.17, 15) is 19.7 Å². The zero-order valence-corrected chi connectivity index (χ0v) is 16.1. The second kappa shape index (κ2) is 8.22. The maximum Gasteiger partial charge on any atom is 0.271 e. The van der Waals surface area contributed by atoms with E-state index < -0.39 is 16.1 Å². The van der Waals surface area contributed by atoms with Crippen molar-refractivity contribution in [2.45, 2.75) is 25.5 Å². The second-order valence-corrected chi connectivity index (χ2v) is 7.53. The Bertz CT molecular complexity index is 990. The van der Waals surface area contributed by atoms with Gasteiger partial charge in [0.05, 0.1) is 10.6 Å². The molecule has 0 aromatic heterocycles. The van der Waals surface area contributed by atoms with Crippen molar-refractivity contribution in [3.63, 3.8) is 0 Å². The smallest absolute Gasteiger partial charge is 0.271 e. The Kier molecular flexibility index (Phi) is 5.74. The lowest BCUT2D eigenvalue weighted by Gasteiger charge is -2.07. The van der Waals surface area contributed by atoms with E-state index in [-0.39, 0.29) is 18.0 Å². The molecule has 2 aromatic rings. The summed E-state index contributed by atoms with van der Waals surface area (Å²) in [6.45, 7) is 3.99. The van der Waals surface area contributed by atoms with Gasteiger partial charge in [0.2, 0.25) is 11.8 Å². The molecule has 0 saturated carbocycles. The van der Waals surface area contributed by atoms with Gasteiger partial charge in [0.25, 0.3) is 5.69 Å². The number of carbonyl (C=O) groups excluding carboxylic acids is 2. The highest BCUT2D eigenvalue weighted by Gasteiger charge is 2.32. The van der Waals surface area contributed by atoms with E-state index in [1.807, 2.05) is 32.0 Å². The molecule has 9 heteroatoms. The van der Waals surface area contributed by atoms with Crippen molar-refractivity contribution in [3.8, 4) is 0 Å². The molecule has 1 aliphatic rings. The van der Waals surface area contributed by atoms with Gasteiger partial charge in [-0.25, -0.2) is 4.99 Å². The highest BCUT2D eigenvalue weighted by atomic mass is 32.2. The number of nitro groups is 1. The Morgan fingerprint density at radius 2 is 2.04 bits per heavy atom. The average molecular weight is 398 g/mol. The molecule has 8 nitrogen and oxygen atoms in total. The van der Waals surface area contributed by atoms with Gasteiger partial charge in [0.1, 0.15) is 5.25 Å². The van der Waals surface area contributed by atoms with E-state index in [0.717, 1.165) is 16.8 Å². The largest absolute Gasteiger partial charge is 0.326 e. The van der Waals surface area contributed by atoms with Crippen LogP contribution in [0.3, 0.4) is 0 Å². The molecule has 1 fully saturated rings. The maximum absolute atomic E-state index is 12.2. The van der Waals surface area contributed by atoms with Gasteiger partial charge >= 0.3 is 0 Å². The molecule has 0 bridgehead atoms. The lowest BCUT2D eigenvalue weighted by atomic mass is 10.1. The zero-order chi connectivity index (χ0) is 20.3. The number of nitro benzene ring substituents is 1. The molecule has 2 N–H and O–H groups in total. The van der Waals surface area contributed by atoms with E-state index in [0.29, 0.717) is 10.9 Å². The zero-order valence-electron chi connectivity index (χ0n) is 15.3. The topological polar surface area (TPSA) is 114 Å². The standard InChI is InChI=1S/C19H18N4O4S/c1-11-6-7-14(8-12(11)2)21-19-22-18(25)16(28-19)10-17(24)20-13-4-3-5-15(9-13)23(26)27/h3-9,16H,10H2,1-2H3,(H,20,24)(H,21,22,25)/t16-/m0/s1. The van der Waals surface area contributed by atoms with E-state index in [2.05, 4.69) is 15.6 Å². The number of non-ortho nitro benzene ring substituents is 1. The van der Waals surface area contributed by atoms with Crippen molar-refractivity contribution in [2.24, 2.45) is 4.99 Å². The molecule has 0 unspecified atom stereocenters. The van der Waals surface area contributed by atoms with Crippen LogP contribution in [0, 0.1) is 24.0 Å². The molecule has 0 radical (unpaired) electrons. The summed E-state index contributed by atoms with van der Waals surface area (Å²) in [5.41, 5.74) is 3.18. The SMILES string of the molecule is Cc1ccc(N=C2NC(=O)[C@H](CC(=O)Nc3cccc([N+](=O)[O-])c3)S2)cc1C. The monoisotopic (exact) mass is 398 g/mol. The van der Waals surface area contributed by atoms with E-state index >= 15 is 0 Å². The highest BCUT2D eigenvalue weighted by molar-refractivity contribution is 8.15. The number of aliphatic imine (C=N–C) groups is 1. The van der Waals surface area contributed by atoms with Crippen molar-refractivity contribution in [1.29, 1.82) is 0 Å².